The van der Waals surface area contributed by atoms with Crippen molar-refractivity contribution in [3.05, 3.63) is 35.3 Å². The molecule has 16 heavy (non-hydrogen) atoms. The van der Waals surface area contributed by atoms with Gasteiger partial charge in [-0.05, 0) is 24.1 Å². The van der Waals surface area contributed by atoms with Gasteiger partial charge in [0.1, 0.15) is 11.5 Å². The molecule has 0 aliphatic rings. The van der Waals surface area contributed by atoms with Crippen molar-refractivity contribution in [1.29, 1.82) is 0 Å². The van der Waals surface area contributed by atoms with E-state index in [0.29, 0.717) is 5.52 Å². The second-order valence-corrected chi connectivity index (χ2v) is 3.52. The van der Waals surface area contributed by atoms with Crippen molar-refractivity contribution < 1.29 is 13.9 Å². The van der Waals surface area contributed by atoms with E-state index in [1.165, 1.54) is 13.2 Å². The molecule has 0 unspecified atom stereocenters. The van der Waals surface area contributed by atoms with Crippen LogP contribution in [-0.4, -0.2) is 18.1 Å². The Bertz CT molecular complexity index is 545. The molecule has 0 aliphatic carbocycles. The van der Waals surface area contributed by atoms with Crippen molar-refractivity contribution in [3.8, 4) is 0 Å². The maximum absolute atomic E-state index is 13.5. The van der Waals surface area contributed by atoms with Gasteiger partial charge in [0.25, 0.3) is 0 Å². The minimum Gasteiger partial charge on any atom is -0.464 e. The van der Waals surface area contributed by atoms with Crippen molar-refractivity contribution in [2.45, 2.75) is 13.3 Å². The molecule has 0 fully saturated rings. The fraction of sp³-hybridized carbons (Fsp3) is 0.250. The lowest BCUT2D eigenvalue weighted by molar-refractivity contribution is 0.0595. The number of esters is 1. The lowest BCUT2D eigenvalue weighted by atomic mass is 10.1. The zero-order valence-electron chi connectivity index (χ0n) is 9.13. The Hall–Kier alpha value is -1.84. The standard InChI is InChI=1S/C12H12FNO2/c1-3-7-4-5-9(13)11-8(7)6-10(14-11)12(15)16-2/h4-6,14H,3H2,1-2H3. The van der Waals surface area contributed by atoms with Crippen LogP contribution in [0.4, 0.5) is 4.39 Å². The fourth-order valence-electron chi connectivity index (χ4n) is 1.77. The molecule has 1 aromatic carbocycles. The summed E-state index contributed by atoms with van der Waals surface area (Å²) in [5.74, 6) is -0.847. The van der Waals surface area contributed by atoms with E-state index in [0.717, 1.165) is 17.4 Å². The summed E-state index contributed by atoms with van der Waals surface area (Å²) in [5, 5.41) is 0.739. The predicted molar refractivity (Wildman–Crippen MR) is 59.0 cm³/mol. The van der Waals surface area contributed by atoms with Gasteiger partial charge in [0.15, 0.2) is 0 Å². The molecule has 84 valence electrons. The highest BCUT2D eigenvalue weighted by Crippen LogP contribution is 2.23. The fourth-order valence-corrected chi connectivity index (χ4v) is 1.77. The Kier molecular flexibility index (Phi) is 2.64. The summed E-state index contributed by atoms with van der Waals surface area (Å²) in [6.45, 7) is 1.98. The van der Waals surface area contributed by atoms with E-state index in [4.69, 9.17) is 0 Å². The number of carbonyl (C=O) groups excluding carboxylic acids is 1. The molecule has 1 heterocycles. The first kappa shape index (κ1) is 10.7. The average molecular weight is 221 g/mol. The van der Waals surface area contributed by atoms with Crippen LogP contribution in [0.3, 0.4) is 0 Å². The molecule has 0 radical (unpaired) electrons. The van der Waals surface area contributed by atoms with E-state index in [9.17, 15) is 9.18 Å². The third-order valence-corrected chi connectivity index (χ3v) is 2.62. The quantitative estimate of drug-likeness (QED) is 0.792. The van der Waals surface area contributed by atoms with Crippen LogP contribution in [0.25, 0.3) is 10.9 Å². The first-order valence-electron chi connectivity index (χ1n) is 5.05. The zero-order valence-corrected chi connectivity index (χ0v) is 9.13. The largest absolute Gasteiger partial charge is 0.464 e. The highest BCUT2D eigenvalue weighted by molar-refractivity contribution is 5.96. The third-order valence-electron chi connectivity index (χ3n) is 2.62. The number of halogens is 1. The number of nitrogens with one attached hydrogen (secondary N) is 1. The van der Waals surface area contributed by atoms with Gasteiger partial charge in [-0.15, -0.1) is 0 Å². The first-order chi connectivity index (χ1) is 7.67. The van der Waals surface area contributed by atoms with Gasteiger partial charge in [-0.3, -0.25) is 0 Å². The molecular weight excluding hydrogens is 209 g/mol. The normalized spacial score (nSPS) is 10.7. The summed E-state index contributed by atoms with van der Waals surface area (Å²) in [6.07, 6.45) is 0.787. The van der Waals surface area contributed by atoms with Crippen molar-refractivity contribution in [2.24, 2.45) is 0 Å². The number of hydrogen-bond acceptors (Lipinski definition) is 2. The van der Waals surface area contributed by atoms with Crippen LogP contribution in [0.15, 0.2) is 18.2 Å². The Balaban J connectivity index is 2.68. The summed E-state index contributed by atoms with van der Waals surface area (Å²) in [6, 6.07) is 4.76. The van der Waals surface area contributed by atoms with E-state index in [-0.39, 0.29) is 11.5 Å². The number of aromatic nitrogens is 1. The molecule has 0 saturated heterocycles. The second-order valence-electron chi connectivity index (χ2n) is 3.52. The maximum Gasteiger partial charge on any atom is 0.354 e. The number of ether oxygens (including phenoxy) is 1. The molecule has 2 aromatic rings. The minimum absolute atomic E-state index is 0.275. The molecule has 0 bridgehead atoms. The monoisotopic (exact) mass is 221 g/mol. The van der Waals surface area contributed by atoms with Gasteiger partial charge < -0.3 is 9.72 Å². The Morgan fingerprint density at radius 3 is 2.88 bits per heavy atom. The van der Waals surface area contributed by atoms with Gasteiger partial charge in [0, 0.05) is 5.39 Å². The highest BCUT2D eigenvalue weighted by atomic mass is 19.1. The van der Waals surface area contributed by atoms with Crippen LogP contribution in [0, 0.1) is 5.82 Å². The SMILES string of the molecule is CCc1ccc(F)c2[nH]c(C(=O)OC)cc12. The Morgan fingerprint density at radius 1 is 1.50 bits per heavy atom. The molecule has 3 nitrogen and oxygen atoms in total. The van der Waals surface area contributed by atoms with Gasteiger partial charge in [0.05, 0.1) is 12.6 Å². The number of carbonyl (C=O) groups is 1. The van der Waals surface area contributed by atoms with Crippen LogP contribution in [0.1, 0.15) is 23.0 Å². The van der Waals surface area contributed by atoms with Crippen LogP contribution in [0.2, 0.25) is 0 Å². The first-order valence-corrected chi connectivity index (χ1v) is 5.05. The Morgan fingerprint density at radius 2 is 2.25 bits per heavy atom. The van der Waals surface area contributed by atoms with E-state index >= 15 is 0 Å². The van der Waals surface area contributed by atoms with E-state index in [2.05, 4.69) is 9.72 Å². The van der Waals surface area contributed by atoms with Crippen LogP contribution in [0.5, 0.6) is 0 Å². The molecule has 0 aliphatic heterocycles. The lowest BCUT2D eigenvalue weighted by Gasteiger charge is -1.99. The summed E-state index contributed by atoms with van der Waals surface area (Å²) in [4.78, 5) is 14.1. The summed E-state index contributed by atoms with van der Waals surface area (Å²) in [5.41, 5.74) is 1.64. The number of hydrogen-bond donors (Lipinski definition) is 1. The molecule has 0 spiro atoms. The van der Waals surface area contributed by atoms with E-state index in [1.54, 1.807) is 12.1 Å². The average Bonchev–Trinajstić information content (AvgIpc) is 2.74. The zero-order chi connectivity index (χ0) is 11.7. The van der Waals surface area contributed by atoms with Crippen LogP contribution >= 0.6 is 0 Å². The topological polar surface area (TPSA) is 42.1 Å². The molecule has 2 rings (SSSR count). The Labute approximate surface area is 92.2 Å². The molecule has 1 N–H and O–H groups in total. The number of fused-ring (bicyclic) bond motifs is 1. The van der Waals surface area contributed by atoms with Gasteiger partial charge in [-0.25, -0.2) is 9.18 Å². The number of aryl methyl sites for hydroxylation is 1. The van der Waals surface area contributed by atoms with E-state index in [1.807, 2.05) is 6.92 Å². The molecule has 0 saturated carbocycles. The van der Waals surface area contributed by atoms with Gasteiger partial charge >= 0.3 is 5.97 Å². The van der Waals surface area contributed by atoms with Gasteiger partial charge in [0.2, 0.25) is 0 Å². The van der Waals surface area contributed by atoms with Crippen molar-refractivity contribution in [1.82, 2.24) is 4.98 Å². The second kappa shape index (κ2) is 3.96. The maximum atomic E-state index is 13.5. The lowest BCUT2D eigenvalue weighted by Crippen LogP contribution is -2.00. The smallest absolute Gasteiger partial charge is 0.354 e. The van der Waals surface area contributed by atoms with Crippen molar-refractivity contribution >= 4 is 16.9 Å². The van der Waals surface area contributed by atoms with E-state index < -0.39 is 5.97 Å². The number of H-pyrrole nitrogens is 1. The molecular formula is C12H12FNO2. The summed E-state index contributed by atoms with van der Waals surface area (Å²) < 4.78 is 18.1. The third kappa shape index (κ3) is 1.56. The van der Waals surface area contributed by atoms with Crippen LogP contribution < -0.4 is 0 Å². The van der Waals surface area contributed by atoms with Crippen molar-refractivity contribution in [3.63, 3.8) is 0 Å². The minimum atomic E-state index is -0.488. The number of methoxy groups -OCH3 is 1. The van der Waals surface area contributed by atoms with Gasteiger partial charge in [-0.2, -0.15) is 0 Å². The van der Waals surface area contributed by atoms with Gasteiger partial charge in [-0.1, -0.05) is 13.0 Å². The number of benzene rings is 1. The number of aromatic amines is 1. The van der Waals surface area contributed by atoms with Crippen molar-refractivity contribution in [2.75, 3.05) is 7.11 Å². The molecule has 0 amide bonds. The van der Waals surface area contributed by atoms with Crippen LogP contribution in [-0.2, 0) is 11.2 Å². The number of rotatable bonds is 2. The summed E-state index contributed by atoms with van der Waals surface area (Å²) >= 11 is 0. The molecule has 4 heteroatoms. The summed E-state index contributed by atoms with van der Waals surface area (Å²) in [7, 11) is 1.30. The predicted octanol–water partition coefficient (Wildman–Crippen LogP) is 2.66. The molecule has 1 aromatic heterocycles. The highest BCUT2D eigenvalue weighted by Gasteiger charge is 2.13. The molecule has 0 atom stereocenters.